The smallest absolute Gasteiger partial charge is 0.320 e. The van der Waals surface area contributed by atoms with Crippen molar-refractivity contribution in [2.24, 2.45) is 0 Å². The fourth-order valence-corrected chi connectivity index (χ4v) is 2.11. The third-order valence-corrected chi connectivity index (χ3v) is 3.31. The molecule has 0 spiro atoms. The Morgan fingerprint density at radius 2 is 1.72 bits per heavy atom. The van der Waals surface area contributed by atoms with Crippen molar-refractivity contribution in [3.05, 3.63) is 60.0 Å². The summed E-state index contributed by atoms with van der Waals surface area (Å²) in [5, 5.41) is 13.6. The first-order valence-corrected chi connectivity index (χ1v) is 7.75. The molecule has 0 aliphatic carbocycles. The largest absolute Gasteiger partial charge is 0.484 e. The third kappa shape index (κ3) is 4.81. The molecule has 0 radical (unpaired) electrons. The number of rotatable bonds is 6. The maximum atomic E-state index is 11.0. The molecular weight excluding hydrogens is 320 g/mol. The minimum atomic E-state index is -0.117. The zero-order valence-electron chi connectivity index (χ0n) is 13.9. The molecule has 3 rings (SSSR count). The summed E-state index contributed by atoms with van der Waals surface area (Å²) in [4.78, 5) is 11.0. The molecule has 0 unspecified atom stereocenters. The van der Waals surface area contributed by atoms with Gasteiger partial charge in [0.1, 0.15) is 5.75 Å². The Morgan fingerprint density at radius 1 is 1.04 bits per heavy atom. The van der Waals surface area contributed by atoms with Gasteiger partial charge in [-0.25, -0.2) is 0 Å². The highest BCUT2D eigenvalue weighted by Crippen LogP contribution is 2.19. The molecule has 1 amide bonds. The van der Waals surface area contributed by atoms with Crippen LogP contribution in [0.5, 0.6) is 5.75 Å². The van der Waals surface area contributed by atoms with Gasteiger partial charge in [-0.1, -0.05) is 22.8 Å². The average molecular weight is 338 g/mol. The first kappa shape index (κ1) is 16.5. The Labute approximate surface area is 145 Å². The predicted octanol–water partition coefficient (Wildman–Crippen LogP) is 3.66. The maximum Gasteiger partial charge on any atom is 0.320 e. The van der Waals surface area contributed by atoms with E-state index in [0.717, 1.165) is 5.69 Å². The number of aromatic nitrogens is 2. The van der Waals surface area contributed by atoms with Gasteiger partial charge in [-0.05, 0) is 43.3 Å². The van der Waals surface area contributed by atoms with E-state index < -0.39 is 0 Å². The number of carbonyl (C=O) groups is 1. The SMILES string of the molecule is CC(=O)Nc1ccc(OCc2nnc(Nc3ccc(C)cc3)o2)cc1. The summed E-state index contributed by atoms with van der Waals surface area (Å²) in [6.07, 6.45) is 0. The van der Waals surface area contributed by atoms with Crippen LogP contribution in [0, 0.1) is 6.92 Å². The molecule has 0 atom stereocenters. The van der Waals surface area contributed by atoms with Gasteiger partial charge in [0.05, 0.1) is 0 Å². The fraction of sp³-hybridized carbons (Fsp3) is 0.167. The van der Waals surface area contributed by atoms with Crippen molar-refractivity contribution >= 4 is 23.3 Å². The number of anilines is 3. The molecule has 128 valence electrons. The molecule has 0 aliphatic heterocycles. The van der Waals surface area contributed by atoms with E-state index in [1.165, 1.54) is 12.5 Å². The predicted molar refractivity (Wildman–Crippen MR) is 93.8 cm³/mol. The molecule has 3 aromatic rings. The van der Waals surface area contributed by atoms with E-state index in [1.807, 2.05) is 31.2 Å². The summed E-state index contributed by atoms with van der Waals surface area (Å²) in [6.45, 7) is 3.64. The van der Waals surface area contributed by atoms with Gasteiger partial charge < -0.3 is 19.8 Å². The van der Waals surface area contributed by atoms with Crippen LogP contribution in [-0.2, 0) is 11.4 Å². The minimum Gasteiger partial charge on any atom is -0.484 e. The topological polar surface area (TPSA) is 89.3 Å². The van der Waals surface area contributed by atoms with E-state index in [-0.39, 0.29) is 12.5 Å². The van der Waals surface area contributed by atoms with Gasteiger partial charge >= 0.3 is 6.01 Å². The van der Waals surface area contributed by atoms with Crippen LogP contribution >= 0.6 is 0 Å². The zero-order chi connectivity index (χ0) is 17.6. The first-order chi connectivity index (χ1) is 12.1. The van der Waals surface area contributed by atoms with Crippen molar-refractivity contribution in [3.8, 4) is 5.75 Å². The highest BCUT2D eigenvalue weighted by Gasteiger charge is 2.07. The lowest BCUT2D eigenvalue weighted by Gasteiger charge is -2.05. The summed E-state index contributed by atoms with van der Waals surface area (Å²) in [6, 6.07) is 15.2. The minimum absolute atomic E-state index is 0.117. The standard InChI is InChI=1S/C18H18N4O3/c1-12-3-5-15(6-4-12)20-18-22-21-17(25-18)11-24-16-9-7-14(8-10-16)19-13(2)23/h3-10H,11H2,1-2H3,(H,19,23)(H,20,22). The number of carbonyl (C=O) groups excluding carboxylic acids is 1. The van der Waals surface area contributed by atoms with Gasteiger partial charge in [0.15, 0.2) is 6.61 Å². The molecule has 25 heavy (non-hydrogen) atoms. The molecule has 2 N–H and O–H groups in total. The lowest BCUT2D eigenvalue weighted by molar-refractivity contribution is -0.114. The zero-order valence-corrected chi connectivity index (χ0v) is 13.9. The molecule has 0 bridgehead atoms. The van der Waals surface area contributed by atoms with E-state index in [4.69, 9.17) is 9.15 Å². The quantitative estimate of drug-likeness (QED) is 0.713. The van der Waals surface area contributed by atoms with Crippen molar-refractivity contribution in [1.82, 2.24) is 10.2 Å². The first-order valence-electron chi connectivity index (χ1n) is 7.75. The van der Waals surface area contributed by atoms with Crippen LogP contribution in [0.25, 0.3) is 0 Å². The number of hydrogen-bond donors (Lipinski definition) is 2. The molecule has 0 saturated carbocycles. The number of nitrogens with one attached hydrogen (secondary N) is 2. The summed E-state index contributed by atoms with van der Waals surface area (Å²) >= 11 is 0. The van der Waals surface area contributed by atoms with Gasteiger partial charge in [-0.2, -0.15) is 0 Å². The van der Waals surface area contributed by atoms with Gasteiger partial charge in [0.25, 0.3) is 5.89 Å². The highest BCUT2D eigenvalue weighted by atomic mass is 16.5. The summed E-state index contributed by atoms with van der Waals surface area (Å²) in [5.41, 5.74) is 2.76. The molecule has 0 fully saturated rings. The Bertz CT molecular complexity index is 842. The van der Waals surface area contributed by atoms with Gasteiger partial charge in [0.2, 0.25) is 5.91 Å². The number of aryl methyl sites for hydroxylation is 1. The van der Waals surface area contributed by atoms with E-state index >= 15 is 0 Å². The second-order valence-corrected chi connectivity index (χ2v) is 5.49. The fourth-order valence-electron chi connectivity index (χ4n) is 2.11. The van der Waals surface area contributed by atoms with E-state index in [9.17, 15) is 4.79 Å². The second-order valence-electron chi connectivity index (χ2n) is 5.49. The molecule has 0 saturated heterocycles. The number of benzene rings is 2. The molecule has 0 aliphatic rings. The summed E-state index contributed by atoms with van der Waals surface area (Å²) < 4.78 is 11.1. The van der Waals surface area contributed by atoms with Crippen LogP contribution in [0.3, 0.4) is 0 Å². The average Bonchev–Trinajstić information content (AvgIpc) is 3.03. The maximum absolute atomic E-state index is 11.0. The Balaban J connectivity index is 1.54. The van der Waals surface area contributed by atoms with Gasteiger partial charge in [-0.15, -0.1) is 5.10 Å². The Kier molecular flexibility index (Phi) is 4.94. The number of nitrogens with zero attached hydrogens (tertiary/aromatic N) is 2. The van der Waals surface area contributed by atoms with Crippen molar-refractivity contribution in [1.29, 1.82) is 0 Å². The number of ether oxygens (including phenoxy) is 1. The van der Waals surface area contributed by atoms with Gasteiger partial charge in [0, 0.05) is 18.3 Å². The van der Waals surface area contributed by atoms with Gasteiger partial charge in [-0.3, -0.25) is 4.79 Å². The van der Waals surface area contributed by atoms with Crippen LogP contribution in [-0.4, -0.2) is 16.1 Å². The lowest BCUT2D eigenvalue weighted by atomic mass is 10.2. The van der Waals surface area contributed by atoms with Crippen LogP contribution in [0.4, 0.5) is 17.4 Å². The Morgan fingerprint density at radius 3 is 2.40 bits per heavy atom. The molecular formula is C18H18N4O3. The molecule has 1 aromatic heterocycles. The second kappa shape index (κ2) is 7.48. The monoisotopic (exact) mass is 338 g/mol. The Hall–Kier alpha value is -3.35. The van der Waals surface area contributed by atoms with Crippen LogP contribution < -0.4 is 15.4 Å². The normalized spacial score (nSPS) is 10.3. The third-order valence-electron chi connectivity index (χ3n) is 3.31. The van der Waals surface area contributed by atoms with Crippen LogP contribution in [0.15, 0.2) is 52.9 Å². The van der Waals surface area contributed by atoms with Crippen molar-refractivity contribution in [2.45, 2.75) is 20.5 Å². The van der Waals surface area contributed by atoms with E-state index in [0.29, 0.717) is 23.3 Å². The van der Waals surface area contributed by atoms with Crippen molar-refractivity contribution < 1.29 is 13.9 Å². The van der Waals surface area contributed by atoms with E-state index in [1.54, 1.807) is 24.3 Å². The summed E-state index contributed by atoms with van der Waals surface area (Å²) in [5.74, 6) is 0.883. The van der Waals surface area contributed by atoms with Crippen molar-refractivity contribution in [2.75, 3.05) is 10.6 Å². The number of amides is 1. The van der Waals surface area contributed by atoms with Crippen LogP contribution in [0.2, 0.25) is 0 Å². The van der Waals surface area contributed by atoms with Crippen molar-refractivity contribution in [3.63, 3.8) is 0 Å². The van der Waals surface area contributed by atoms with Crippen LogP contribution in [0.1, 0.15) is 18.4 Å². The van der Waals surface area contributed by atoms with E-state index in [2.05, 4.69) is 20.8 Å². The number of hydrogen-bond acceptors (Lipinski definition) is 6. The molecule has 2 aromatic carbocycles. The molecule has 7 nitrogen and oxygen atoms in total. The molecule has 1 heterocycles. The molecule has 7 heteroatoms. The lowest BCUT2D eigenvalue weighted by Crippen LogP contribution is -2.05. The summed E-state index contributed by atoms with van der Waals surface area (Å²) in [7, 11) is 0. The highest BCUT2D eigenvalue weighted by molar-refractivity contribution is 5.88.